The zero-order valence-electron chi connectivity index (χ0n) is 8.58. The average Bonchev–Trinajstić information content (AvgIpc) is 2.22. The summed E-state index contributed by atoms with van der Waals surface area (Å²) in [7, 11) is 0. The van der Waals surface area contributed by atoms with Crippen molar-refractivity contribution in [2.45, 2.75) is 12.8 Å². The normalized spacial score (nSPS) is 10.4. The van der Waals surface area contributed by atoms with Gasteiger partial charge in [0.15, 0.2) is 11.6 Å². The lowest BCUT2D eigenvalue weighted by molar-refractivity contribution is -0.136. The number of hydrogen-bond acceptors (Lipinski definition) is 2. The third kappa shape index (κ3) is 4.61. The van der Waals surface area contributed by atoms with E-state index in [0.717, 1.165) is 11.6 Å². The second kappa shape index (κ2) is 6.48. The minimum absolute atomic E-state index is 0.127. The molecule has 5 heteroatoms. The van der Waals surface area contributed by atoms with Gasteiger partial charge in [0, 0.05) is 5.75 Å². The highest BCUT2D eigenvalue weighted by molar-refractivity contribution is 7.99. The van der Waals surface area contributed by atoms with Crippen LogP contribution in [-0.4, -0.2) is 22.6 Å². The molecule has 0 spiro atoms. The number of rotatable bonds is 6. The number of carbonyl (C=O) groups is 1. The van der Waals surface area contributed by atoms with E-state index in [0.29, 0.717) is 17.9 Å². The van der Waals surface area contributed by atoms with Crippen LogP contribution in [0.4, 0.5) is 8.78 Å². The Morgan fingerprint density at radius 2 is 2.00 bits per heavy atom. The Balaban J connectivity index is 2.27. The lowest BCUT2D eigenvalue weighted by Crippen LogP contribution is -1.98. The topological polar surface area (TPSA) is 37.3 Å². The molecule has 0 saturated heterocycles. The van der Waals surface area contributed by atoms with E-state index in [1.54, 1.807) is 0 Å². The van der Waals surface area contributed by atoms with E-state index < -0.39 is 17.6 Å². The molecule has 0 fully saturated rings. The molecule has 0 aliphatic carbocycles. The number of aryl methyl sites for hydroxylation is 1. The smallest absolute Gasteiger partial charge is 0.304 e. The Hall–Kier alpha value is -1.10. The van der Waals surface area contributed by atoms with Crippen molar-refractivity contribution < 1.29 is 18.7 Å². The van der Waals surface area contributed by atoms with Crippen molar-refractivity contribution in [3.63, 3.8) is 0 Å². The van der Waals surface area contributed by atoms with Gasteiger partial charge in [0.05, 0.1) is 6.42 Å². The van der Waals surface area contributed by atoms with Crippen molar-refractivity contribution >= 4 is 17.7 Å². The summed E-state index contributed by atoms with van der Waals surface area (Å²) in [4.78, 5) is 10.2. The Morgan fingerprint density at radius 1 is 1.25 bits per heavy atom. The summed E-state index contributed by atoms with van der Waals surface area (Å²) < 4.78 is 25.4. The molecule has 0 unspecified atom stereocenters. The van der Waals surface area contributed by atoms with Crippen molar-refractivity contribution in [2.75, 3.05) is 11.5 Å². The first kappa shape index (κ1) is 13.0. The molecule has 0 heterocycles. The number of halogens is 2. The maximum atomic E-state index is 12.8. The van der Waals surface area contributed by atoms with E-state index in [4.69, 9.17) is 5.11 Å². The maximum absolute atomic E-state index is 12.8. The summed E-state index contributed by atoms with van der Waals surface area (Å²) >= 11 is 1.49. The van der Waals surface area contributed by atoms with E-state index in [-0.39, 0.29) is 6.42 Å². The summed E-state index contributed by atoms with van der Waals surface area (Å²) in [5, 5.41) is 8.39. The second-order valence-electron chi connectivity index (χ2n) is 3.25. The molecule has 1 N–H and O–H groups in total. The lowest BCUT2D eigenvalue weighted by atomic mass is 10.2. The Labute approximate surface area is 96.7 Å². The first-order chi connectivity index (χ1) is 7.59. The number of thioether (sulfide) groups is 1. The Kier molecular flexibility index (Phi) is 5.25. The van der Waals surface area contributed by atoms with Crippen LogP contribution in [0.1, 0.15) is 12.0 Å². The monoisotopic (exact) mass is 246 g/mol. The summed E-state index contributed by atoms with van der Waals surface area (Å²) in [6, 6.07) is 3.82. The van der Waals surface area contributed by atoms with Gasteiger partial charge in [0.1, 0.15) is 0 Å². The van der Waals surface area contributed by atoms with Crippen LogP contribution < -0.4 is 0 Å². The molecule has 2 nitrogen and oxygen atoms in total. The summed E-state index contributed by atoms with van der Waals surface area (Å²) in [5.74, 6) is -1.26. The minimum atomic E-state index is -0.845. The minimum Gasteiger partial charge on any atom is -0.481 e. The molecule has 0 atom stereocenters. The van der Waals surface area contributed by atoms with Crippen LogP contribution in [0.25, 0.3) is 0 Å². The first-order valence-electron chi connectivity index (χ1n) is 4.83. The van der Waals surface area contributed by atoms with E-state index in [1.165, 1.54) is 23.9 Å². The standard InChI is InChI=1S/C11H12F2O2S/c12-9-2-1-8(7-10(9)13)3-5-16-6-4-11(14)15/h1-2,7H,3-6H2,(H,14,15). The van der Waals surface area contributed by atoms with Crippen molar-refractivity contribution in [2.24, 2.45) is 0 Å². The van der Waals surface area contributed by atoms with Gasteiger partial charge >= 0.3 is 5.97 Å². The Bertz CT molecular complexity index is 369. The SMILES string of the molecule is O=C(O)CCSCCc1ccc(F)c(F)c1. The van der Waals surface area contributed by atoms with Crippen LogP contribution in [0.2, 0.25) is 0 Å². The summed E-state index contributed by atoms with van der Waals surface area (Å²) in [6.45, 7) is 0. The number of carboxylic acid groups (broad SMARTS) is 1. The van der Waals surface area contributed by atoms with Crippen molar-refractivity contribution in [3.05, 3.63) is 35.4 Å². The number of hydrogen-bond donors (Lipinski definition) is 1. The zero-order chi connectivity index (χ0) is 12.0. The zero-order valence-corrected chi connectivity index (χ0v) is 9.40. The number of carboxylic acids is 1. The summed E-state index contributed by atoms with van der Waals surface area (Å²) in [5.41, 5.74) is 0.724. The molecular formula is C11H12F2O2S. The predicted molar refractivity (Wildman–Crippen MR) is 59.6 cm³/mol. The van der Waals surface area contributed by atoms with Crippen molar-refractivity contribution in [1.29, 1.82) is 0 Å². The maximum Gasteiger partial charge on any atom is 0.304 e. The number of benzene rings is 1. The fourth-order valence-electron chi connectivity index (χ4n) is 1.15. The van der Waals surface area contributed by atoms with Gasteiger partial charge in [-0.25, -0.2) is 8.78 Å². The average molecular weight is 246 g/mol. The highest BCUT2D eigenvalue weighted by atomic mass is 32.2. The fourth-order valence-corrected chi connectivity index (χ4v) is 2.05. The highest BCUT2D eigenvalue weighted by Crippen LogP contribution is 2.12. The third-order valence-corrected chi connectivity index (χ3v) is 2.96. The van der Waals surface area contributed by atoms with Gasteiger partial charge in [-0.15, -0.1) is 0 Å². The van der Waals surface area contributed by atoms with Crippen LogP contribution in [0.15, 0.2) is 18.2 Å². The van der Waals surface area contributed by atoms with Crippen LogP contribution in [0, 0.1) is 11.6 Å². The van der Waals surface area contributed by atoms with Gasteiger partial charge < -0.3 is 5.11 Å². The molecule has 0 aliphatic heterocycles. The van der Waals surface area contributed by atoms with Gasteiger partial charge in [0.2, 0.25) is 0 Å². The summed E-state index contributed by atoms with van der Waals surface area (Å²) in [6.07, 6.45) is 0.740. The van der Waals surface area contributed by atoms with Crippen LogP contribution >= 0.6 is 11.8 Å². The fraction of sp³-hybridized carbons (Fsp3) is 0.364. The molecule has 0 bridgehead atoms. The Morgan fingerprint density at radius 3 is 2.62 bits per heavy atom. The first-order valence-corrected chi connectivity index (χ1v) is 5.98. The van der Waals surface area contributed by atoms with Gasteiger partial charge in [-0.3, -0.25) is 4.79 Å². The molecule has 0 saturated carbocycles. The van der Waals surface area contributed by atoms with Gasteiger partial charge in [0.25, 0.3) is 0 Å². The quantitative estimate of drug-likeness (QED) is 0.784. The lowest BCUT2D eigenvalue weighted by Gasteiger charge is -2.01. The molecule has 0 aliphatic rings. The predicted octanol–water partition coefficient (Wildman–Crippen LogP) is 2.72. The van der Waals surface area contributed by atoms with Gasteiger partial charge in [-0.2, -0.15) is 11.8 Å². The van der Waals surface area contributed by atoms with Crippen LogP contribution in [0.3, 0.4) is 0 Å². The largest absolute Gasteiger partial charge is 0.481 e. The molecule has 88 valence electrons. The van der Waals surface area contributed by atoms with Crippen LogP contribution in [0.5, 0.6) is 0 Å². The molecule has 1 aromatic carbocycles. The molecule has 0 radical (unpaired) electrons. The van der Waals surface area contributed by atoms with Gasteiger partial charge in [-0.05, 0) is 29.9 Å². The van der Waals surface area contributed by atoms with E-state index >= 15 is 0 Å². The van der Waals surface area contributed by atoms with E-state index in [1.807, 2.05) is 0 Å². The highest BCUT2D eigenvalue weighted by Gasteiger charge is 2.02. The molecule has 1 aromatic rings. The van der Waals surface area contributed by atoms with Crippen LogP contribution in [-0.2, 0) is 11.2 Å². The molecule has 1 rings (SSSR count). The number of aliphatic carboxylic acids is 1. The van der Waals surface area contributed by atoms with E-state index in [2.05, 4.69) is 0 Å². The molecule has 0 aromatic heterocycles. The van der Waals surface area contributed by atoms with E-state index in [9.17, 15) is 13.6 Å². The third-order valence-electron chi connectivity index (χ3n) is 1.98. The van der Waals surface area contributed by atoms with Gasteiger partial charge in [-0.1, -0.05) is 6.07 Å². The second-order valence-corrected chi connectivity index (χ2v) is 4.48. The molecule has 16 heavy (non-hydrogen) atoms. The molecular weight excluding hydrogens is 234 g/mol. The molecule has 0 amide bonds. The van der Waals surface area contributed by atoms with Crippen molar-refractivity contribution in [1.82, 2.24) is 0 Å². The van der Waals surface area contributed by atoms with Crippen molar-refractivity contribution in [3.8, 4) is 0 Å².